The van der Waals surface area contributed by atoms with E-state index in [1.54, 1.807) is 13.1 Å². The molecule has 29 heavy (non-hydrogen) atoms. The third-order valence-electron chi connectivity index (χ3n) is 5.71. The molecule has 2 fully saturated rings. The summed E-state index contributed by atoms with van der Waals surface area (Å²) in [7, 11) is 3.74. The van der Waals surface area contributed by atoms with Gasteiger partial charge < -0.3 is 19.9 Å². The number of likely N-dealkylation sites (tertiary alicyclic amines) is 1. The van der Waals surface area contributed by atoms with Crippen molar-refractivity contribution in [3.63, 3.8) is 0 Å². The molecule has 8 heteroatoms. The first-order valence-electron chi connectivity index (χ1n) is 10.2. The maximum Gasteiger partial charge on any atom is 0.193 e. The lowest BCUT2D eigenvalue weighted by atomic mass is 10.0. The average Bonchev–Trinajstić information content (AvgIpc) is 3.38. The molecule has 1 aromatic heterocycles. The number of morpholine rings is 1. The zero-order chi connectivity index (χ0) is 20.2. The number of aliphatic imine (C=N–C) groups is 1. The fraction of sp³-hybridized carbons (Fsp3) is 0.524. The van der Waals surface area contributed by atoms with Crippen LogP contribution in [0.2, 0.25) is 0 Å². The van der Waals surface area contributed by atoms with E-state index in [1.807, 2.05) is 35.0 Å². The number of hydrogen-bond donors (Lipinski definition) is 1. The highest BCUT2D eigenvalue weighted by molar-refractivity contribution is 5.80. The van der Waals surface area contributed by atoms with Crippen LogP contribution in [-0.2, 0) is 18.3 Å². The highest BCUT2D eigenvalue weighted by Crippen LogP contribution is 2.27. The van der Waals surface area contributed by atoms with Gasteiger partial charge in [-0.15, -0.1) is 0 Å². The van der Waals surface area contributed by atoms with Crippen LogP contribution >= 0.6 is 0 Å². The van der Waals surface area contributed by atoms with Crippen LogP contribution < -0.4 is 10.2 Å². The number of nitrogens with zero attached hydrogens (tertiary/aromatic N) is 5. The lowest BCUT2D eigenvalue weighted by Gasteiger charge is -2.29. The molecular formula is C21H29FN6O. The first kappa shape index (κ1) is 19.7. The molecule has 0 amide bonds. The summed E-state index contributed by atoms with van der Waals surface area (Å²) in [5.74, 6) is 1.14. The molecule has 2 aliphatic heterocycles. The Morgan fingerprint density at radius 3 is 2.83 bits per heavy atom. The van der Waals surface area contributed by atoms with Crippen LogP contribution in [0.1, 0.15) is 23.5 Å². The smallest absolute Gasteiger partial charge is 0.193 e. The van der Waals surface area contributed by atoms with Gasteiger partial charge in [0.15, 0.2) is 5.96 Å². The third kappa shape index (κ3) is 4.53. The van der Waals surface area contributed by atoms with Gasteiger partial charge >= 0.3 is 0 Å². The Labute approximate surface area is 171 Å². The van der Waals surface area contributed by atoms with Crippen molar-refractivity contribution >= 4 is 11.6 Å². The van der Waals surface area contributed by atoms with Crippen LogP contribution in [-0.4, -0.2) is 67.1 Å². The summed E-state index contributed by atoms with van der Waals surface area (Å²) in [6, 6.07) is 5.47. The third-order valence-corrected chi connectivity index (χ3v) is 5.71. The van der Waals surface area contributed by atoms with Crippen LogP contribution in [0.15, 0.2) is 35.6 Å². The van der Waals surface area contributed by atoms with Crippen molar-refractivity contribution in [1.82, 2.24) is 20.0 Å². The highest BCUT2D eigenvalue weighted by Gasteiger charge is 2.27. The second kappa shape index (κ2) is 8.82. The van der Waals surface area contributed by atoms with Crippen molar-refractivity contribution in [2.45, 2.75) is 18.9 Å². The van der Waals surface area contributed by atoms with E-state index in [9.17, 15) is 4.39 Å². The van der Waals surface area contributed by atoms with Crippen molar-refractivity contribution in [1.29, 1.82) is 0 Å². The Hall–Kier alpha value is -2.61. The molecule has 1 atom stereocenters. The lowest BCUT2D eigenvalue weighted by Crippen LogP contribution is -2.39. The average molecular weight is 401 g/mol. The zero-order valence-electron chi connectivity index (χ0n) is 17.1. The monoisotopic (exact) mass is 400 g/mol. The van der Waals surface area contributed by atoms with Gasteiger partial charge in [-0.1, -0.05) is 6.07 Å². The normalized spacial score (nSPS) is 20.4. The van der Waals surface area contributed by atoms with Crippen LogP contribution in [0.3, 0.4) is 0 Å². The topological polar surface area (TPSA) is 57.9 Å². The zero-order valence-corrected chi connectivity index (χ0v) is 17.1. The van der Waals surface area contributed by atoms with Crippen molar-refractivity contribution in [2.75, 3.05) is 51.3 Å². The first-order valence-corrected chi connectivity index (χ1v) is 10.2. The molecule has 2 aromatic rings. The molecule has 2 aliphatic rings. The molecule has 1 aromatic carbocycles. The van der Waals surface area contributed by atoms with Gasteiger partial charge in [0.2, 0.25) is 0 Å². The number of halogens is 1. The van der Waals surface area contributed by atoms with E-state index in [2.05, 4.69) is 26.5 Å². The molecule has 156 valence electrons. The van der Waals surface area contributed by atoms with Crippen molar-refractivity contribution < 1.29 is 9.13 Å². The Kier molecular flexibility index (Phi) is 5.99. The molecular weight excluding hydrogens is 371 g/mol. The minimum atomic E-state index is -0.181. The van der Waals surface area contributed by atoms with Gasteiger partial charge in [0, 0.05) is 58.9 Å². The number of rotatable bonds is 4. The van der Waals surface area contributed by atoms with Gasteiger partial charge in [-0.05, 0) is 29.7 Å². The lowest BCUT2D eigenvalue weighted by molar-refractivity contribution is 0.122. The standard InChI is InChI=1S/C21H29FN6O/c1-23-21(28-6-5-17(15-28)18-13-25-26(2)14-18)24-12-16-3-4-20(19(22)11-16)27-7-9-29-10-8-27/h3-4,11,13-14,17H,5-10,12,15H2,1-2H3,(H,23,24). The van der Waals surface area contributed by atoms with Crippen LogP contribution in [0, 0.1) is 5.82 Å². The van der Waals surface area contributed by atoms with Crippen molar-refractivity contribution in [3.05, 3.63) is 47.5 Å². The molecule has 1 unspecified atom stereocenters. The number of hydrogen-bond acceptors (Lipinski definition) is 4. The summed E-state index contributed by atoms with van der Waals surface area (Å²) in [5.41, 5.74) is 2.83. The molecule has 4 rings (SSSR count). The Bertz CT molecular complexity index is 861. The SMILES string of the molecule is CN=C(NCc1ccc(N2CCOCC2)c(F)c1)N1CCC(c2cnn(C)c2)C1. The molecule has 1 N–H and O–H groups in total. The summed E-state index contributed by atoms with van der Waals surface area (Å²) < 4.78 is 21.8. The number of aryl methyl sites for hydroxylation is 1. The second-order valence-electron chi connectivity index (χ2n) is 7.66. The summed E-state index contributed by atoms with van der Waals surface area (Å²) >= 11 is 0. The van der Waals surface area contributed by atoms with E-state index in [-0.39, 0.29) is 5.82 Å². The maximum absolute atomic E-state index is 14.6. The van der Waals surface area contributed by atoms with Crippen molar-refractivity contribution in [3.8, 4) is 0 Å². The van der Waals surface area contributed by atoms with E-state index in [4.69, 9.17) is 4.74 Å². The molecule has 0 radical (unpaired) electrons. The number of benzene rings is 1. The number of nitrogens with one attached hydrogen (secondary N) is 1. The molecule has 0 spiro atoms. The fourth-order valence-corrected chi connectivity index (χ4v) is 4.11. The second-order valence-corrected chi connectivity index (χ2v) is 7.66. The number of anilines is 1. The maximum atomic E-state index is 14.6. The predicted molar refractivity (Wildman–Crippen MR) is 112 cm³/mol. The van der Waals surface area contributed by atoms with Gasteiger partial charge in [0.1, 0.15) is 5.82 Å². The molecule has 2 saturated heterocycles. The minimum Gasteiger partial charge on any atom is -0.378 e. The number of guanidine groups is 1. The van der Waals surface area contributed by atoms with Crippen LogP contribution in [0.25, 0.3) is 0 Å². The Morgan fingerprint density at radius 1 is 1.31 bits per heavy atom. The summed E-state index contributed by atoms with van der Waals surface area (Å²) in [6.07, 6.45) is 5.11. The molecule has 7 nitrogen and oxygen atoms in total. The van der Waals surface area contributed by atoms with Gasteiger partial charge in [-0.2, -0.15) is 5.10 Å². The van der Waals surface area contributed by atoms with Crippen molar-refractivity contribution in [2.24, 2.45) is 12.0 Å². The quantitative estimate of drug-likeness (QED) is 0.628. The molecule has 0 saturated carbocycles. The highest BCUT2D eigenvalue weighted by atomic mass is 19.1. The molecule has 3 heterocycles. The van der Waals surface area contributed by atoms with Crippen LogP contribution in [0.4, 0.5) is 10.1 Å². The first-order chi connectivity index (χ1) is 14.1. The fourth-order valence-electron chi connectivity index (χ4n) is 4.11. The summed E-state index contributed by atoms with van der Waals surface area (Å²) in [6.45, 7) is 5.16. The van der Waals surface area contributed by atoms with E-state index < -0.39 is 0 Å². The Morgan fingerprint density at radius 2 is 2.14 bits per heavy atom. The minimum absolute atomic E-state index is 0.181. The van der Waals surface area contributed by atoms with E-state index in [0.29, 0.717) is 31.4 Å². The van der Waals surface area contributed by atoms with Gasteiger partial charge in [-0.3, -0.25) is 9.67 Å². The van der Waals surface area contributed by atoms with Gasteiger partial charge in [0.25, 0.3) is 0 Å². The Balaban J connectivity index is 1.34. The summed E-state index contributed by atoms with van der Waals surface area (Å²) in [5, 5.41) is 7.67. The van der Waals surface area contributed by atoms with Gasteiger partial charge in [0.05, 0.1) is 25.1 Å². The van der Waals surface area contributed by atoms with E-state index in [1.165, 1.54) is 5.56 Å². The van der Waals surface area contributed by atoms with Crippen LogP contribution in [0.5, 0.6) is 0 Å². The predicted octanol–water partition coefficient (Wildman–Crippen LogP) is 1.96. The van der Waals surface area contributed by atoms with E-state index >= 15 is 0 Å². The van der Waals surface area contributed by atoms with E-state index in [0.717, 1.165) is 44.1 Å². The van der Waals surface area contributed by atoms with Gasteiger partial charge in [-0.25, -0.2) is 4.39 Å². The number of aromatic nitrogens is 2. The molecule has 0 aliphatic carbocycles. The molecule has 0 bridgehead atoms. The largest absolute Gasteiger partial charge is 0.378 e. The summed E-state index contributed by atoms with van der Waals surface area (Å²) in [4.78, 5) is 8.73. The number of ether oxygens (including phenoxy) is 1.